The molecular formula is C22H26F2O. The maximum absolute atomic E-state index is 14.4. The minimum Gasteiger partial charge on any atom is -0.294 e. The van der Waals surface area contributed by atoms with Gasteiger partial charge in [0.05, 0.1) is 0 Å². The van der Waals surface area contributed by atoms with Gasteiger partial charge in [0.1, 0.15) is 0 Å². The number of halogens is 2. The van der Waals surface area contributed by atoms with E-state index in [-0.39, 0.29) is 11.3 Å². The van der Waals surface area contributed by atoms with Crippen LogP contribution < -0.4 is 0 Å². The Morgan fingerprint density at radius 1 is 0.840 bits per heavy atom. The standard InChI is InChI=1S/C22H26F2O/c1-3-5-7-8-18-14-15-19(22(24)21(18)23)16-10-12-17(13-11-16)20(25)9-6-4-2/h10-15H,3-9H2,1-2H3. The summed E-state index contributed by atoms with van der Waals surface area (Å²) in [5, 5.41) is 0. The summed E-state index contributed by atoms with van der Waals surface area (Å²) in [7, 11) is 0. The van der Waals surface area contributed by atoms with E-state index in [4.69, 9.17) is 0 Å². The molecule has 0 aliphatic carbocycles. The van der Waals surface area contributed by atoms with Crippen molar-refractivity contribution in [1.29, 1.82) is 0 Å². The molecule has 0 saturated carbocycles. The Morgan fingerprint density at radius 3 is 2.16 bits per heavy atom. The molecule has 2 rings (SSSR count). The predicted molar refractivity (Wildman–Crippen MR) is 98.9 cm³/mol. The highest BCUT2D eigenvalue weighted by atomic mass is 19.2. The summed E-state index contributed by atoms with van der Waals surface area (Å²) >= 11 is 0. The molecule has 3 heteroatoms. The fourth-order valence-corrected chi connectivity index (χ4v) is 2.89. The van der Waals surface area contributed by atoms with Gasteiger partial charge in [-0.2, -0.15) is 0 Å². The molecule has 0 N–H and O–H groups in total. The maximum atomic E-state index is 14.4. The fourth-order valence-electron chi connectivity index (χ4n) is 2.89. The van der Waals surface area contributed by atoms with Gasteiger partial charge in [0.25, 0.3) is 0 Å². The average Bonchev–Trinajstić information content (AvgIpc) is 2.63. The van der Waals surface area contributed by atoms with Crippen LogP contribution in [-0.2, 0) is 6.42 Å². The van der Waals surface area contributed by atoms with Crippen molar-refractivity contribution in [3.63, 3.8) is 0 Å². The van der Waals surface area contributed by atoms with Crippen molar-refractivity contribution in [2.45, 2.75) is 58.8 Å². The molecule has 0 aliphatic rings. The summed E-state index contributed by atoms with van der Waals surface area (Å²) in [6, 6.07) is 10.1. The third-order valence-electron chi connectivity index (χ3n) is 4.49. The van der Waals surface area contributed by atoms with Crippen LogP contribution in [0.2, 0.25) is 0 Å². The minimum atomic E-state index is -0.806. The average molecular weight is 344 g/mol. The van der Waals surface area contributed by atoms with E-state index >= 15 is 0 Å². The molecule has 0 saturated heterocycles. The van der Waals surface area contributed by atoms with Gasteiger partial charge >= 0.3 is 0 Å². The highest BCUT2D eigenvalue weighted by Gasteiger charge is 2.15. The van der Waals surface area contributed by atoms with Crippen LogP contribution >= 0.6 is 0 Å². The molecule has 0 unspecified atom stereocenters. The molecule has 0 aliphatic heterocycles. The second kappa shape index (κ2) is 9.45. The van der Waals surface area contributed by atoms with E-state index in [1.54, 1.807) is 36.4 Å². The predicted octanol–water partition coefficient (Wildman–Crippen LogP) is 6.74. The number of carbonyl (C=O) groups excluding carboxylic acids is 1. The Bertz CT molecular complexity index is 705. The summed E-state index contributed by atoms with van der Waals surface area (Å²) in [5.41, 5.74) is 1.88. The van der Waals surface area contributed by atoms with E-state index in [1.807, 2.05) is 6.92 Å². The Labute approximate surface area is 149 Å². The number of unbranched alkanes of at least 4 members (excludes halogenated alkanes) is 3. The Hall–Kier alpha value is -2.03. The Kier molecular flexibility index (Phi) is 7.30. The zero-order chi connectivity index (χ0) is 18.2. The summed E-state index contributed by atoms with van der Waals surface area (Å²) in [5.74, 6) is -1.47. The SMILES string of the molecule is CCCCCc1ccc(-c2ccc(C(=O)CCCC)cc2)c(F)c1F. The van der Waals surface area contributed by atoms with Crippen molar-refractivity contribution >= 4 is 5.78 Å². The lowest BCUT2D eigenvalue weighted by molar-refractivity contribution is 0.0980. The van der Waals surface area contributed by atoms with Gasteiger partial charge in [0.2, 0.25) is 0 Å². The molecule has 0 radical (unpaired) electrons. The lowest BCUT2D eigenvalue weighted by Gasteiger charge is -2.09. The number of carbonyl (C=O) groups is 1. The number of rotatable bonds is 9. The third-order valence-corrected chi connectivity index (χ3v) is 4.49. The van der Waals surface area contributed by atoms with E-state index in [2.05, 4.69) is 6.92 Å². The molecule has 0 atom stereocenters. The van der Waals surface area contributed by atoms with Crippen molar-refractivity contribution in [2.75, 3.05) is 0 Å². The Balaban J connectivity index is 2.18. The number of hydrogen-bond donors (Lipinski definition) is 0. The molecule has 0 heterocycles. The van der Waals surface area contributed by atoms with E-state index in [0.29, 0.717) is 29.5 Å². The van der Waals surface area contributed by atoms with Crippen molar-refractivity contribution in [1.82, 2.24) is 0 Å². The van der Waals surface area contributed by atoms with Gasteiger partial charge in [-0.05, 0) is 30.4 Å². The molecule has 0 amide bonds. The quantitative estimate of drug-likeness (QED) is 0.364. The molecular weight excluding hydrogens is 318 g/mol. The fraction of sp³-hybridized carbons (Fsp3) is 0.409. The molecule has 0 spiro atoms. The van der Waals surface area contributed by atoms with Crippen LogP contribution in [0.5, 0.6) is 0 Å². The summed E-state index contributed by atoms with van der Waals surface area (Å²) in [4.78, 5) is 12.0. The van der Waals surface area contributed by atoms with Gasteiger partial charge in [0, 0.05) is 17.5 Å². The van der Waals surface area contributed by atoms with Crippen LogP contribution in [0.4, 0.5) is 8.78 Å². The highest BCUT2D eigenvalue weighted by molar-refractivity contribution is 5.96. The lowest BCUT2D eigenvalue weighted by Crippen LogP contribution is -2.00. The highest BCUT2D eigenvalue weighted by Crippen LogP contribution is 2.27. The van der Waals surface area contributed by atoms with Gasteiger partial charge in [0.15, 0.2) is 17.4 Å². The summed E-state index contributed by atoms with van der Waals surface area (Å²) in [6.07, 6.45) is 5.83. The molecule has 1 nitrogen and oxygen atoms in total. The first kappa shape index (κ1) is 19.3. The van der Waals surface area contributed by atoms with Gasteiger partial charge < -0.3 is 0 Å². The van der Waals surface area contributed by atoms with Crippen LogP contribution in [-0.4, -0.2) is 5.78 Å². The monoisotopic (exact) mass is 344 g/mol. The molecule has 0 fully saturated rings. The maximum Gasteiger partial charge on any atom is 0.166 e. The van der Waals surface area contributed by atoms with Crippen molar-refractivity contribution in [3.8, 4) is 11.1 Å². The molecule has 25 heavy (non-hydrogen) atoms. The topological polar surface area (TPSA) is 17.1 Å². The number of ketones is 1. The van der Waals surface area contributed by atoms with E-state index in [9.17, 15) is 13.6 Å². The minimum absolute atomic E-state index is 0.0892. The van der Waals surface area contributed by atoms with Crippen molar-refractivity contribution in [3.05, 3.63) is 59.2 Å². The largest absolute Gasteiger partial charge is 0.294 e. The third kappa shape index (κ3) is 4.97. The number of Topliss-reactive ketones (excluding diaryl/α,β-unsaturated/α-hetero) is 1. The molecule has 0 bridgehead atoms. The van der Waals surface area contributed by atoms with Gasteiger partial charge in [-0.25, -0.2) is 8.78 Å². The zero-order valence-corrected chi connectivity index (χ0v) is 15.1. The number of aryl methyl sites for hydroxylation is 1. The molecule has 2 aromatic carbocycles. The van der Waals surface area contributed by atoms with E-state index < -0.39 is 11.6 Å². The second-order valence-corrected chi connectivity index (χ2v) is 6.46. The van der Waals surface area contributed by atoms with Crippen LogP contribution in [0.3, 0.4) is 0 Å². The van der Waals surface area contributed by atoms with Gasteiger partial charge in [-0.1, -0.05) is 69.5 Å². The van der Waals surface area contributed by atoms with Crippen LogP contribution in [0, 0.1) is 11.6 Å². The van der Waals surface area contributed by atoms with Gasteiger partial charge in [-0.3, -0.25) is 4.79 Å². The zero-order valence-electron chi connectivity index (χ0n) is 15.1. The smallest absolute Gasteiger partial charge is 0.166 e. The first-order chi connectivity index (χ1) is 12.1. The summed E-state index contributed by atoms with van der Waals surface area (Å²) < 4.78 is 28.7. The van der Waals surface area contributed by atoms with Crippen LogP contribution in [0.25, 0.3) is 11.1 Å². The second-order valence-electron chi connectivity index (χ2n) is 6.46. The van der Waals surface area contributed by atoms with Crippen molar-refractivity contribution < 1.29 is 13.6 Å². The van der Waals surface area contributed by atoms with Crippen LogP contribution in [0.15, 0.2) is 36.4 Å². The molecule has 2 aromatic rings. The first-order valence-electron chi connectivity index (χ1n) is 9.19. The van der Waals surface area contributed by atoms with Crippen LogP contribution in [0.1, 0.15) is 68.3 Å². The normalized spacial score (nSPS) is 10.9. The first-order valence-corrected chi connectivity index (χ1v) is 9.19. The number of hydrogen-bond acceptors (Lipinski definition) is 1. The Morgan fingerprint density at radius 2 is 1.52 bits per heavy atom. The molecule has 0 aromatic heterocycles. The molecule has 134 valence electrons. The summed E-state index contributed by atoms with van der Waals surface area (Å²) in [6.45, 7) is 4.12. The van der Waals surface area contributed by atoms with E-state index in [0.717, 1.165) is 32.1 Å². The number of benzene rings is 2. The van der Waals surface area contributed by atoms with Crippen molar-refractivity contribution in [2.24, 2.45) is 0 Å². The van der Waals surface area contributed by atoms with Gasteiger partial charge in [-0.15, -0.1) is 0 Å². The van der Waals surface area contributed by atoms with E-state index in [1.165, 1.54) is 0 Å². The lowest BCUT2D eigenvalue weighted by atomic mass is 9.97.